The van der Waals surface area contributed by atoms with Crippen molar-refractivity contribution in [2.75, 3.05) is 26.3 Å². The molecule has 0 spiro atoms. The van der Waals surface area contributed by atoms with Gasteiger partial charge in [0.1, 0.15) is 12.1 Å². The van der Waals surface area contributed by atoms with Crippen molar-refractivity contribution in [2.24, 2.45) is 5.92 Å². The van der Waals surface area contributed by atoms with Gasteiger partial charge in [0, 0.05) is 24.4 Å². The van der Waals surface area contributed by atoms with Gasteiger partial charge in [-0.2, -0.15) is 5.26 Å². The third-order valence-electron chi connectivity index (χ3n) is 4.08. The van der Waals surface area contributed by atoms with Gasteiger partial charge >= 0.3 is 6.03 Å². The van der Waals surface area contributed by atoms with Crippen LogP contribution in [0.2, 0.25) is 0 Å². The van der Waals surface area contributed by atoms with Crippen LogP contribution in [0.3, 0.4) is 0 Å². The molecule has 142 valence electrons. The summed E-state index contributed by atoms with van der Waals surface area (Å²) in [6.45, 7) is 6.03. The lowest BCUT2D eigenvalue weighted by Gasteiger charge is -2.29. The third-order valence-corrected chi connectivity index (χ3v) is 4.98. The summed E-state index contributed by atoms with van der Waals surface area (Å²) < 4.78 is 5.25. The molecule has 2 rings (SSSR count). The SMILES string of the molecule is CC(C)C[C@H](NC(=O)N1CCOCC1)C(=O)N[C@H](C#N)Cc1cccs1. The molecule has 2 atom stereocenters. The number of carbonyl (C=O) groups is 2. The highest BCUT2D eigenvalue weighted by Crippen LogP contribution is 2.12. The van der Waals surface area contributed by atoms with Crippen LogP contribution in [-0.2, 0) is 16.0 Å². The molecule has 2 heterocycles. The normalized spacial score (nSPS) is 16.6. The van der Waals surface area contributed by atoms with E-state index in [1.54, 1.807) is 16.2 Å². The van der Waals surface area contributed by atoms with E-state index in [0.717, 1.165) is 4.88 Å². The molecule has 0 bridgehead atoms. The topological polar surface area (TPSA) is 94.5 Å². The average Bonchev–Trinajstić information content (AvgIpc) is 3.13. The number of nitrogens with zero attached hydrogens (tertiary/aromatic N) is 2. The lowest BCUT2D eigenvalue weighted by molar-refractivity contribution is -0.123. The van der Waals surface area contributed by atoms with Gasteiger partial charge < -0.3 is 20.3 Å². The molecule has 8 heteroatoms. The van der Waals surface area contributed by atoms with Gasteiger partial charge in [-0.3, -0.25) is 4.79 Å². The Balaban J connectivity index is 1.96. The van der Waals surface area contributed by atoms with Crippen LogP contribution in [0.4, 0.5) is 4.79 Å². The van der Waals surface area contributed by atoms with Crippen LogP contribution in [0.1, 0.15) is 25.1 Å². The van der Waals surface area contributed by atoms with Gasteiger partial charge in [0.2, 0.25) is 5.91 Å². The largest absolute Gasteiger partial charge is 0.378 e. The Morgan fingerprint density at radius 1 is 1.35 bits per heavy atom. The molecule has 0 aromatic carbocycles. The van der Waals surface area contributed by atoms with E-state index < -0.39 is 12.1 Å². The van der Waals surface area contributed by atoms with E-state index in [-0.39, 0.29) is 17.9 Å². The Kier molecular flexibility index (Phi) is 7.88. The predicted octanol–water partition coefficient (Wildman–Crippen LogP) is 1.76. The van der Waals surface area contributed by atoms with Gasteiger partial charge in [-0.15, -0.1) is 11.3 Å². The highest BCUT2D eigenvalue weighted by Gasteiger charge is 2.27. The number of ether oxygens (including phenoxy) is 1. The van der Waals surface area contributed by atoms with Gasteiger partial charge in [0.15, 0.2) is 0 Å². The molecule has 1 aromatic heterocycles. The average molecular weight is 378 g/mol. The molecular formula is C18H26N4O3S. The molecule has 1 aliphatic rings. The van der Waals surface area contributed by atoms with Crippen molar-refractivity contribution in [1.29, 1.82) is 5.26 Å². The standard InChI is InChI=1S/C18H26N4O3S/c1-13(2)10-16(21-18(24)22-5-7-25-8-6-22)17(23)20-14(12-19)11-15-4-3-9-26-15/h3-4,9,13-14,16H,5-8,10-11H2,1-2H3,(H,20,23)(H,21,24)/t14-,16-/m0/s1. The van der Waals surface area contributed by atoms with Crippen molar-refractivity contribution in [3.63, 3.8) is 0 Å². The van der Waals surface area contributed by atoms with E-state index >= 15 is 0 Å². The Labute approximate surface area is 158 Å². The Hall–Kier alpha value is -2.11. The minimum Gasteiger partial charge on any atom is -0.378 e. The van der Waals surface area contributed by atoms with E-state index in [2.05, 4.69) is 16.7 Å². The van der Waals surface area contributed by atoms with E-state index in [1.807, 2.05) is 31.4 Å². The molecule has 26 heavy (non-hydrogen) atoms. The number of hydrogen-bond donors (Lipinski definition) is 2. The molecule has 1 aliphatic heterocycles. The maximum atomic E-state index is 12.7. The fourth-order valence-electron chi connectivity index (χ4n) is 2.74. The smallest absolute Gasteiger partial charge is 0.318 e. The molecule has 1 fully saturated rings. The monoisotopic (exact) mass is 378 g/mol. The van der Waals surface area contributed by atoms with E-state index in [0.29, 0.717) is 39.1 Å². The number of carbonyl (C=O) groups excluding carboxylic acids is 2. The molecule has 1 saturated heterocycles. The van der Waals surface area contributed by atoms with Crippen LogP contribution < -0.4 is 10.6 Å². The fraction of sp³-hybridized carbons (Fsp3) is 0.611. The van der Waals surface area contributed by atoms with Gasteiger partial charge in [-0.1, -0.05) is 19.9 Å². The van der Waals surface area contributed by atoms with E-state index in [9.17, 15) is 14.9 Å². The molecular weight excluding hydrogens is 352 g/mol. The summed E-state index contributed by atoms with van der Waals surface area (Å²) in [7, 11) is 0. The first-order valence-electron chi connectivity index (χ1n) is 8.85. The molecule has 7 nitrogen and oxygen atoms in total. The van der Waals surface area contributed by atoms with Crippen LogP contribution in [0.5, 0.6) is 0 Å². The minimum atomic E-state index is -0.662. The maximum absolute atomic E-state index is 12.7. The number of hydrogen-bond acceptors (Lipinski definition) is 5. The second-order valence-electron chi connectivity index (χ2n) is 6.70. The summed E-state index contributed by atoms with van der Waals surface area (Å²) in [5, 5.41) is 16.9. The summed E-state index contributed by atoms with van der Waals surface area (Å²) in [6.07, 6.45) is 0.977. The zero-order chi connectivity index (χ0) is 18.9. The summed E-state index contributed by atoms with van der Waals surface area (Å²) in [5.74, 6) is -0.0861. The summed E-state index contributed by atoms with van der Waals surface area (Å²) in [5.41, 5.74) is 0. The minimum absolute atomic E-state index is 0.230. The number of nitriles is 1. The third kappa shape index (κ3) is 6.32. The summed E-state index contributed by atoms with van der Waals surface area (Å²) >= 11 is 1.55. The molecule has 0 aliphatic carbocycles. The van der Waals surface area contributed by atoms with Gasteiger partial charge in [-0.25, -0.2) is 4.79 Å². The van der Waals surface area contributed by atoms with Gasteiger partial charge in [0.25, 0.3) is 0 Å². The number of rotatable bonds is 7. The molecule has 0 radical (unpaired) electrons. The Bertz CT molecular complexity index is 621. The number of urea groups is 1. The lowest BCUT2D eigenvalue weighted by atomic mass is 10.0. The Morgan fingerprint density at radius 2 is 2.08 bits per heavy atom. The maximum Gasteiger partial charge on any atom is 0.318 e. The predicted molar refractivity (Wildman–Crippen MR) is 99.7 cm³/mol. The second kappa shape index (κ2) is 10.1. The highest BCUT2D eigenvalue weighted by atomic mass is 32.1. The molecule has 0 saturated carbocycles. The molecule has 0 unspecified atom stereocenters. The molecule has 3 amide bonds. The fourth-order valence-corrected chi connectivity index (χ4v) is 3.49. The van der Waals surface area contributed by atoms with Crippen molar-refractivity contribution in [3.05, 3.63) is 22.4 Å². The van der Waals surface area contributed by atoms with Crippen LogP contribution in [0, 0.1) is 17.2 Å². The van der Waals surface area contributed by atoms with Crippen molar-refractivity contribution in [2.45, 2.75) is 38.8 Å². The lowest BCUT2D eigenvalue weighted by Crippen LogP contribution is -2.55. The second-order valence-corrected chi connectivity index (χ2v) is 7.74. The molecule has 1 aromatic rings. The zero-order valence-electron chi connectivity index (χ0n) is 15.2. The van der Waals surface area contributed by atoms with Crippen LogP contribution >= 0.6 is 11.3 Å². The first-order valence-corrected chi connectivity index (χ1v) is 9.73. The van der Waals surface area contributed by atoms with E-state index in [4.69, 9.17) is 4.74 Å². The van der Waals surface area contributed by atoms with Crippen LogP contribution in [0.15, 0.2) is 17.5 Å². The van der Waals surface area contributed by atoms with Crippen molar-refractivity contribution >= 4 is 23.3 Å². The van der Waals surface area contributed by atoms with Gasteiger partial charge in [0.05, 0.1) is 19.3 Å². The number of thiophene rings is 1. The summed E-state index contributed by atoms with van der Waals surface area (Å²) in [4.78, 5) is 27.8. The highest BCUT2D eigenvalue weighted by molar-refractivity contribution is 7.09. The number of amides is 3. The zero-order valence-corrected chi connectivity index (χ0v) is 16.1. The Morgan fingerprint density at radius 3 is 2.65 bits per heavy atom. The van der Waals surface area contributed by atoms with Crippen molar-refractivity contribution in [3.8, 4) is 6.07 Å². The number of nitrogens with one attached hydrogen (secondary N) is 2. The van der Waals surface area contributed by atoms with Crippen molar-refractivity contribution < 1.29 is 14.3 Å². The first kappa shape index (κ1) is 20.2. The van der Waals surface area contributed by atoms with E-state index in [1.165, 1.54) is 0 Å². The quantitative estimate of drug-likeness (QED) is 0.756. The van der Waals surface area contributed by atoms with Crippen molar-refractivity contribution in [1.82, 2.24) is 15.5 Å². The molecule has 2 N–H and O–H groups in total. The van der Waals surface area contributed by atoms with Crippen LogP contribution in [0.25, 0.3) is 0 Å². The van der Waals surface area contributed by atoms with Gasteiger partial charge in [-0.05, 0) is 23.8 Å². The first-order chi connectivity index (χ1) is 12.5. The summed E-state index contributed by atoms with van der Waals surface area (Å²) in [6, 6.07) is 4.45. The number of morpholine rings is 1. The van der Waals surface area contributed by atoms with Crippen LogP contribution in [-0.4, -0.2) is 55.2 Å².